The number of hydrogen-bond donors (Lipinski definition) is 2. The van der Waals surface area contributed by atoms with Crippen LogP contribution in [-0.2, 0) is 10.2 Å². The second kappa shape index (κ2) is 4.10. The highest BCUT2D eigenvalue weighted by atomic mass is 16.4. The zero-order valence-electron chi connectivity index (χ0n) is 9.31. The average Bonchev–Trinajstić information content (AvgIpc) is 2.80. The lowest BCUT2D eigenvalue weighted by Gasteiger charge is -2.25. The maximum absolute atomic E-state index is 11.5. The van der Waals surface area contributed by atoms with Crippen LogP contribution in [0.1, 0.15) is 36.8 Å². The Labute approximate surface area is 99.1 Å². The fourth-order valence-electron chi connectivity index (χ4n) is 2.57. The molecule has 0 unspecified atom stereocenters. The number of aliphatic carboxylic acids is 1. The fraction of sp³-hybridized carbons (Fsp3) is 0.385. The summed E-state index contributed by atoms with van der Waals surface area (Å²) >= 11 is 0. The van der Waals surface area contributed by atoms with E-state index in [0.717, 1.165) is 12.8 Å². The van der Waals surface area contributed by atoms with E-state index in [1.165, 1.54) is 18.2 Å². The molecular weight excluding hydrogens is 218 g/mol. The molecule has 4 nitrogen and oxygen atoms in total. The predicted octanol–water partition coefficient (Wildman–Crippen LogP) is 2.16. The number of carboxylic acids is 1. The molecule has 0 aliphatic heterocycles. The maximum atomic E-state index is 11.5. The smallest absolute Gasteiger partial charge is 0.314 e. The molecule has 2 N–H and O–H groups in total. The Bertz CT molecular complexity index is 496. The van der Waals surface area contributed by atoms with Crippen LogP contribution in [0, 0.1) is 11.3 Å². The van der Waals surface area contributed by atoms with E-state index >= 15 is 0 Å². The van der Waals surface area contributed by atoms with Crippen molar-refractivity contribution in [3.8, 4) is 11.8 Å². The number of carboxylic acid groups (broad SMARTS) is 1. The van der Waals surface area contributed by atoms with E-state index in [1.54, 1.807) is 0 Å². The van der Waals surface area contributed by atoms with Crippen molar-refractivity contribution in [1.82, 2.24) is 0 Å². The molecule has 0 spiro atoms. The molecule has 1 aromatic rings. The van der Waals surface area contributed by atoms with Crippen molar-refractivity contribution in [2.24, 2.45) is 0 Å². The van der Waals surface area contributed by atoms with Crippen LogP contribution in [0.4, 0.5) is 0 Å². The van der Waals surface area contributed by atoms with Gasteiger partial charge in [-0.25, -0.2) is 0 Å². The molecule has 1 fully saturated rings. The number of phenols is 1. The molecule has 0 saturated heterocycles. The van der Waals surface area contributed by atoms with Gasteiger partial charge in [0.05, 0.1) is 17.0 Å². The number of nitriles is 1. The first-order valence-corrected chi connectivity index (χ1v) is 5.57. The Morgan fingerprint density at radius 3 is 2.53 bits per heavy atom. The van der Waals surface area contributed by atoms with E-state index in [0.29, 0.717) is 24.0 Å². The number of hydrogen-bond acceptors (Lipinski definition) is 3. The Kier molecular flexibility index (Phi) is 2.76. The van der Waals surface area contributed by atoms with Gasteiger partial charge < -0.3 is 10.2 Å². The minimum absolute atomic E-state index is 0.0340. The first kappa shape index (κ1) is 11.5. The minimum Gasteiger partial charge on any atom is -0.508 e. The molecule has 0 aromatic heterocycles. The van der Waals surface area contributed by atoms with Gasteiger partial charge in [-0.15, -0.1) is 0 Å². The molecule has 1 aliphatic rings. The summed E-state index contributed by atoms with van der Waals surface area (Å²) in [5.74, 6) is -0.950. The van der Waals surface area contributed by atoms with Gasteiger partial charge in [0.15, 0.2) is 0 Å². The van der Waals surface area contributed by atoms with Gasteiger partial charge in [-0.05, 0) is 31.0 Å². The van der Waals surface area contributed by atoms with Crippen molar-refractivity contribution >= 4 is 5.97 Å². The number of carbonyl (C=O) groups is 1. The Balaban J connectivity index is 2.58. The largest absolute Gasteiger partial charge is 0.508 e. The average molecular weight is 231 g/mol. The second-order valence-electron chi connectivity index (χ2n) is 4.44. The molecule has 1 aliphatic carbocycles. The van der Waals surface area contributed by atoms with E-state index in [1.807, 2.05) is 6.07 Å². The van der Waals surface area contributed by atoms with Crippen molar-refractivity contribution in [2.75, 3.05) is 0 Å². The van der Waals surface area contributed by atoms with Crippen LogP contribution in [0.2, 0.25) is 0 Å². The summed E-state index contributed by atoms with van der Waals surface area (Å²) in [6.07, 6.45) is 2.71. The zero-order valence-corrected chi connectivity index (χ0v) is 9.31. The third-order valence-electron chi connectivity index (χ3n) is 3.51. The number of phenolic OH excluding ortho intramolecular Hbond substituents is 1. The lowest BCUT2D eigenvalue weighted by atomic mass is 9.78. The summed E-state index contributed by atoms with van der Waals surface area (Å²) in [5.41, 5.74) is -0.261. The number of rotatable bonds is 2. The van der Waals surface area contributed by atoms with Crippen molar-refractivity contribution in [2.45, 2.75) is 31.1 Å². The molecule has 88 valence electrons. The summed E-state index contributed by atoms with van der Waals surface area (Å²) < 4.78 is 0. The fourth-order valence-corrected chi connectivity index (χ4v) is 2.57. The normalized spacial score (nSPS) is 17.6. The standard InChI is InChI=1S/C13H13NO3/c14-8-9-3-4-11(15)10(7-9)13(12(16)17)5-1-2-6-13/h3-4,7,15H,1-2,5-6H2,(H,16,17). The van der Waals surface area contributed by atoms with Crippen LogP contribution in [0.3, 0.4) is 0 Å². The Morgan fingerprint density at radius 2 is 2.00 bits per heavy atom. The SMILES string of the molecule is N#Cc1ccc(O)c(C2(C(=O)O)CCCC2)c1. The monoisotopic (exact) mass is 231 g/mol. The van der Waals surface area contributed by atoms with Crippen LogP contribution in [0.5, 0.6) is 5.75 Å². The molecule has 4 heteroatoms. The van der Waals surface area contributed by atoms with Crippen LogP contribution < -0.4 is 0 Å². The first-order chi connectivity index (χ1) is 8.10. The highest BCUT2D eigenvalue weighted by Crippen LogP contribution is 2.44. The Hall–Kier alpha value is -2.02. The van der Waals surface area contributed by atoms with E-state index in [4.69, 9.17) is 5.26 Å². The quantitative estimate of drug-likeness (QED) is 0.817. The minimum atomic E-state index is -1.02. The van der Waals surface area contributed by atoms with E-state index in [-0.39, 0.29) is 5.75 Å². The summed E-state index contributed by atoms with van der Waals surface area (Å²) in [6.45, 7) is 0. The van der Waals surface area contributed by atoms with Gasteiger partial charge in [-0.1, -0.05) is 12.8 Å². The molecule has 0 amide bonds. The summed E-state index contributed by atoms with van der Waals surface area (Å²) in [5, 5.41) is 28.1. The van der Waals surface area contributed by atoms with Crippen LogP contribution >= 0.6 is 0 Å². The van der Waals surface area contributed by atoms with Gasteiger partial charge >= 0.3 is 5.97 Å². The van der Waals surface area contributed by atoms with Crippen molar-refractivity contribution in [3.63, 3.8) is 0 Å². The lowest BCUT2D eigenvalue weighted by Crippen LogP contribution is -2.32. The van der Waals surface area contributed by atoms with Crippen molar-refractivity contribution in [1.29, 1.82) is 5.26 Å². The molecule has 0 heterocycles. The molecule has 0 atom stereocenters. The summed E-state index contributed by atoms with van der Waals surface area (Å²) in [7, 11) is 0. The third-order valence-corrected chi connectivity index (χ3v) is 3.51. The number of benzene rings is 1. The van der Waals surface area contributed by atoms with E-state index < -0.39 is 11.4 Å². The maximum Gasteiger partial charge on any atom is 0.314 e. The number of nitrogens with zero attached hydrogens (tertiary/aromatic N) is 1. The summed E-state index contributed by atoms with van der Waals surface area (Å²) in [4.78, 5) is 11.5. The summed E-state index contributed by atoms with van der Waals surface area (Å²) in [6, 6.07) is 6.35. The van der Waals surface area contributed by atoms with Gasteiger partial charge in [0.2, 0.25) is 0 Å². The second-order valence-corrected chi connectivity index (χ2v) is 4.44. The van der Waals surface area contributed by atoms with E-state index in [9.17, 15) is 15.0 Å². The highest BCUT2D eigenvalue weighted by Gasteiger charge is 2.44. The Morgan fingerprint density at radius 1 is 1.35 bits per heavy atom. The van der Waals surface area contributed by atoms with E-state index in [2.05, 4.69) is 0 Å². The highest BCUT2D eigenvalue weighted by molar-refractivity contribution is 5.83. The topological polar surface area (TPSA) is 81.3 Å². The van der Waals surface area contributed by atoms with Gasteiger partial charge in [-0.2, -0.15) is 5.26 Å². The predicted molar refractivity (Wildman–Crippen MR) is 60.6 cm³/mol. The van der Waals surface area contributed by atoms with Gasteiger partial charge in [-0.3, -0.25) is 4.79 Å². The van der Waals surface area contributed by atoms with Crippen LogP contribution in [0.25, 0.3) is 0 Å². The van der Waals surface area contributed by atoms with Gasteiger partial charge in [0.1, 0.15) is 5.75 Å². The molecule has 0 radical (unpaired) electrons. The number of aromatic hydroxyl groups is 1. The zero-order chi connectivity index (χ0) is 12.5. The molecule has 1 saturated carbocycles. The molecule has 2 rings (SSSR count). The molecule has 0 bridgehead atoms. The van der Waals surface area contributed by atoms with Crippen molar-refractivity contribution < 1.29 is 15.0 Å². The van der Waals surface area contributed by atoms with Gasteiger partial charge in [0.25, 0.3) is 0 Å². The first-order valence-electron chi connectivity index (χ1n) is 5.57. The molecule has 17 heavy (non-hydrogen) atoms. The van der Waals surface area contributed by atoms with Crippen molar-refractivity contribution in [3.05, 3.63) is 29.3 Å². The molecule has 1 aromatic carbocycles. The van der Waals surface area contributed by atoms with Crippen LogP contribution in [-0.4, -0.2) is 16.2 Å². The molecular formula is C13H13NO3. The third kappa shape index (κ3) is 1.74. The lowest BCUT2D eigenvalue weighted by molar-refractivity contribution is -0.143. The van der Waals surface area contributed by atoms with Crippen LogP contribution in [0.15, 0.2) is 18.2 Å². The van der Waals surface area contributed by atoms with Gasteiger partial charge in [0, 0.05) is 5.56 Å².